The first-order valence-electron chi connectivity index (χ1n) is 11.4. The van der Waals surface area contributed by atoms with Gasteiger partial charge < -0.3 is 20.1 Å². The van der Waals surface area contributed by atoms with Crippen LogP contribution in [-0.4, -0.2) is 46.5 Å². The zero-order chi connectivity index (χ0) is 22.3. The summed E-state index contributed by atoms with van der Waals surface area (Å²) in [7, 11) is 1.77. The van der Waals surface area contributed by atoms with E-state index in [0.29, 0.717) is 6.42 Å². The number of aryl methyl sites for hydroxylation is 2. The topological polar surface area (TPSA) is 74.6 Å². The Morgan fingerprint density at radius 1 is 1.00 bits per heavy atom. The maximum atomic E-state index is 12.5. The van der Waals surface area contributed by atoms with E-state index in [-0.39, 0.29) is 5.91 Å². The number of fused-ring (bicyclic) bond motifs is 2. The number of para-hydroxylation sites is 2. The number of carbonyl (C=O) groups excluding carboxylic acids is 1. The van der Waals surface area contributed by atoms with Gasteiger partial charge >= 0.3 is 0 Å². The Kier molecular flexibility index (Phi) is 7.04. The highest BCUT2D eigenvalue weighted by molar-refractivity contribution is 5.80. The van der Waals surface area contributed by atoms with Crippen molar-refractivity contribution in [2.75, 3.05) is 20.1 Å². The van der Waals surface area contributed by atoms with Gasteiger partial charge in [-0.25, -0.2) is 4.98 Å². The van der Waals surface area contributed by atoms with Crippen molar-refractivity contribution >= 4 is 22.9 Å². The van der Waals surface area contributed by atoms with Crippen LogP contribution >= 0.6 is 0 Å². The van der Waals surface area contributed by atoms with Gasteiger partial charge in [-0.3, -0.25) is 9.79 Å². The highest BCUT2D eigenvalue weighted by Gasteiger charge is 2.22. The molecule has 2 aromatic carbocycles. The molecule has 0 unspecified atom stereocenters. The second-order valence-corrected chi connectivity index (χ2v) is 8.20. The SMILES string of the molecule is CN=C(NCCCC(=O)N1Cc2ccccc2C1)NCCCn1c(C)nc2ccccc21. The van der Waals surface area contributed by atoms with Gasteiger partial charge in [-0.15, -0.1) is 0 Å². The first-order valence-corrected chi connectivity index (χ1v) is 11.4. The average Bonchev–Trinajstić information content (AvgIpc) is 3.38. The normalized spacial score (nSPS) is 13.4. The van der Waals surface area contributed by atoms with Crippen LogP contribution in [0.2, 0.25) is 0 Å². The van der Waals surface area contributed by atoms with Crippen molar-refractivity contribution in [2.45, 2.75) is 45.8 Å². The smallest absolute Gasteiger partial charge is 0.223 e. The van der Waals surface area contributed by atoms with Crippen molar-refractivity contribution in [3.63, 3.8) is 0 Å². The Hall–Kier alpha value is -3.35. The third-order valence-corrected chi connectivity index (χ3v) is 5.97. The molecule has 0 aliphatic carbocycles. The molecule has 1 aliphatic heterocycles. The Bertz CT molecular complexity index is 1080. The minimum absolute atomic E-state index is 0.217. The van der Waals surface area contributed by atoms with Crippen LogP contribution in [0.3, 0.4) is 0 Å². The summed E-state index contributed by atoms with van der Waals surface area (Å²) in [6.07, 6.45) is 2.30. The number of amides is 1. The molecule has 0 spiro atoms. The quantitative estimate of drug-likeness (QED) is 0.326. The second kappa shape index (κ2) is 10.3. The lowest BCUT2D eigenvalue weighted by molar-refractivity contribution is -0.131. The van der Waals surface area contributed by atoms with Gasteiger partial charge in [0.05, 0.1) is 11.0 Å². The van der Waals surface area contributed by atoms with Crippen molar-refractivity contribution in [2.24, 2.45) is 4.99 Å². The van der Waals surface area contributed by atoms with Crippen molar-refractivity contribution in [1.29, 1.82) is 0 Å². The standard InChI is InChI=1S/C25H32N6O/c1-19-29-22-11-5-6-12-23(22)31(19)16-8-15-28-25(26-2)27-14-7-13-24(32)30-17-20-9-3-4-10-21(20)18-30/h3-6,9-12H,7-8,13-18H2,1-2H3,(H2,26,27,28). The molecule has 2 heterocycles. The van der Waals surface area contributed by atoms with Gasteiger partial charge in [0.25, 0.3) is 0 Å². The van der Waals surface area contributed by atoms with E-state index < -0.39 is 0 Å². The van der Waals surface area contributed by atoms with Crippen LogP contribution < -0.4 is 10.6 Å². The summed E-state index contributed by atoms with van der Waals surface area (Å²) < 4.78 is 2.26. The first-order chi connectivity index (χ1) is 15.7. The molecule has 4 rings (SSSR count). The Balaban J connectivity index is 1.13. The first kappa shape index (κ1) is 21.9. The monoisotopic (exact) mass is 432 g/mol. The number of rotatable bonds is 8. The number of carbonyl (C=O) groups is 1. The van der Waals surface area contributed by atoms with Gasteiger partial charge in [0.1, 0.15) is 5.82 Å². The van der Waals surface area contributed by atoms with Crippen molar-refractivity contribution in [3.8, 4) is 0 Å². The number of aliphatic imine (C=N–C) groups is 1. The molecule has 168 valence electrons. The van der Waals surface area contributed by atoms with Crippen LogP contribution in [0.4, 0.5) is 0 Å². The molecule has 0 saturated heterocycles. The van der Waals surface area contributed by atoms with Crippen LogP contribution in [0.5, 0.6) is 0 Å². The molecular formula is C25H32N6O. The molecule has 0 bridgehead atoms. The molecule has 0 saturated carbocycles. The van der Waals surface area contributed by atoms with Gasteiger partial charge in [0.2, 0.25) is 5.91 Å². The van der Waals surface area contributed by atoms with Crippen LogP contribution in [0.25, 0.3) is 11.0 Å². The molecule has 0 fully saturated rings. The number of nitrogens with one attached hydrogen (secondary N) is 2. The van der Waals surface area contributed by atoms with Gasteiger partial charge in [-0.05, 0) is 43.0 Å². The lowest BCUT2D eigenvalue weighted by Gasteiger charge is -2.16. The van der Waals surface area contributed by atoms with Crippen LogP contribution in [-0.2, 0) is 24.4 Å². The van der Waals surface area contributed by atoms with E-state index in [1.54, 1.807) is 7.05 Å². The van der Waals surface area contributed by atoms with Gasteiger partial charge in [-0.1, -0.05) is 36.4 Å². The summed E-state index contributed by atoms with van der Waals surface area (Å²) >= 11 is 0. The van der Waals surface area contributed by atoms with Crippen molar-refractivity contribution in [3.05, 3.63) is 65.5 Å². The zero-order valence-corrected chi connectivity index (χ0v) is 19.0. The van der Waals surface area contributed by atoms with E-state index in [9.17, 15) is 4.79 Å². The summed E-state index contributed by atoms with van der Waals surface area (Å²) in [6.45, 7) is 5.96. The molecular weight excluding hydrogens is 400 g/mol. The minimum Gasteiger partial charge on any atom is -0.356 e. The predicted molar refractivity (Wildman–Crippen MR) is 128 cm³/mol. The van der Waals surface area contributed by atoms with Gasteiger partial charge in [-0.2, -0.15) is 0 Å². The molecule has 2 N–H and O–H groups in total. The van der Waals surface area contributed by atoms with E-state index in [0.717, 1.165) is 62.9 Å². The zero-order valence-electron chi connectivity index (χ0n) is 19.0. The number of benzene rings is 2. The minimum atomic E-state index is 0.217. The molecule has 32 heavy (non-hydrogen) atoms. The van der Waals surface area contributed by atoms with E-state index in [1.807, 2.05) is 23.1 Å². The Morgan fingerprint density at radius 3 is 2.38 bits per heavy atom. The fraction of sp³-hybridized carbons (Fsp3) is 0.400. The van der Waals surface area contributed by atoms with Gasteiger partial charge in [0, 0.05) is 46.2 Å². The summed E-state index contributed by atoms with van der Waals surface area (Å²) in [4.78, 5) is 23.4. The summed E-state index contributed by atoms with van der Waals surface area (Å²) in [5.74, 6) is 2.03. The Labute approximate surface area is 189 Å². The fourth-order valence-electron chi connectivity index (χ4n) is 4.26. The lowest BCUT2D eigenvalue weighted by Crippen LogP contribution is -2.38. The maximum Gasteiger partial charge on any atom is 0.223 e. The lowest BCUT2D eigenvalue weighted by atomic mass is 10.1. The van der Waals surface area contributed by atoms with E-state index in [1.165, 1.54) is 16.6 Å². The summed E-state index contributed by atoms with van der Waals surface area (Å²) in [5, 5.41) is 6.68. The summed E-state index contributed by atoms with van der Waals surface area (Å²) in [6, 6.07) is 16.5. The molecule has 1 aliphatic rings. The molecule has 1 aromatic heterocycles. The van der Waals surface area contributed by atoms with Crippen molar-refractivity contribution in [1.82, 2.24) is 25.1 Å². The highest BCUT2D eigenvalue weighted by atomic mass is 16.2. The van der Waals surface area contributed by atoms with Crippen molar-refractivity contribution < 1.29 is 4.79 Å². The molecule has 1 amide bonds. The molecule has 3 aromatic rings. The largest absolute Gasteiger partial charge is 0.356 e. The Morgan fingerprint density at radius 2 is 1.66 bits per heavy atom. The number of aromatic nitrogens is 2. The molecule has 0 radical (unpaired) electrons. The molecule has 7 nitrogen and oxygen atoms in total. The second-order valence-electron chi connectivity index (χ2n) is 8.20. The number of hydrogen-bond acceptors (Lipinski definition) is 3. The van der Waals surface area contributed by atoms with E-state index in [4.69, 9.17) is 0 Å². The molecule has 7 heteroatoms. The summed E-state index contributed by atoms with van der Waals surface area (Å²) in [5.41, 5.74) is 4.76. The average molecular weight is 433 g/mol. The van der Waals surface area contributed by atoms with Gasteiger partial charge in [0.15, 0.2) is 5.96 Å². The fourth-order valence-corrected chi connectivity index (χ4v) is 4.26. The highest BCUT2D eigenvalue weighted by Crippen LogP contribution is 2.22. The number of hydrogen-bond donors (Lipinski definition) is 2. The van der Waals surface area contributed by atoms with E-state index >= 15 is 0 Å². The van der Waals surface area contributed by atoms with Crippen LogP contribution in [0, 0.1) is 6.92 Å². The predicted octanol–water partition coefficient (Wildman–Crippen LogP) is 3.22. The third kappa shape index (κ3) is 5.10. The molecule has 0 atom stereocenters. The number of imidazole rings is 1. The van der Waals surface area contributed by atoms with E-state index in [2.05, 4.69) is 62.4 Å². The third-order valence-electron chi connectivity index (χ3n) is 5.97. The number of guanidine groups is 1. The number of nitrogens with zero attached hydrogens (tertiary/aromatic N) is 4. The maximum absolute atomic E-state index is 12.5. The van der Waals surface area contributed by atoms with Crippen LogP contribution in [0.1, 0.15) is 36.2 Å². The van der Waals surface area contributed by atoms with Crippen LogP contribution in [0.15, 0.2) is 53.5 Å².